The van der Waals surface area contributed by atoms with Crippen LogP contribution in [0.15, 0.2) is 30.3 Å². The summed E-state index contributed by atoms with van der Waals surface area (Å²) in [4.78, 5) is 0. The Balaban J connectivity index is 1.97. The molecule has 1 aliphatic heterocycles. The van der Waals surface area contributed by atoms with Crippen LogP contribution >= 0.6 is 0 Å². The van der Waals surface area contributed by atoms with Gasteiger partial charge in [0.1, 0.15) is 0 Å². The Morgan fingerprint density at radius 3 is 2.76 bits per heavy atom. The maximum atomic E-state index is 12.4. The average Bonchev–Trinajstić information content (AvgIpc) is 2.48. The van der Waals surface area contributed by atoms with Gasteiger partial charge in [-0.25, -0.2) is 8.42 Å². The van der Waals surface area contributed by atoms with Gasteiger partial charge in [-0.05, 0) is 31.9 Å². The maximum absolute atomic E-state index is 12.4. The number of hydrogen-bond donors (Lipinski definition) is 1. The highest BCUT2D eigenvalue weighted by Crippen LogP contribution is 2.19. The second kappa shape index (κ2) is 7.24. The van der Waals surface area contributed by atoms with E-state index >= 15 is 0 Å². The molecule has 1 aliphatic rings. The van der Waals surface area contributed by atoms with Crippen LogP contribution in [0.4, 0.5) is 5.69 Å². The summed E-state index contributed by atoms with van der Waals surface area (Å²) < 4.78 is 31.4. The molecule has 1 saturated heterocycles. The molecule has 0 radical (unpaired) electrons. The van der Waals surface area contributed by atoms with Crippen LogP contribution in [-0.2, 0) is 14.8 Å². The number of rotatable bonds is 6. The first-order chi connectivity index (χ1) is 10.0. The molecule has 2 atom stereocenters. The molecule has 0 saturated carbocycles. The predicted octanol–water partition coefficient (Wildman–Crippen LogP) is 1.93. The number of hydrogen-bond acceptors (Lipinski definition) is 4. The zero-order chi connectivity index (χ0) is 15.3. The minimum atomic E-state index is -3.25. The van der Waals surface area contributed by atoms with Gasteiger partial charge < -0.3 is 10.1 Å². The van der Waals surface area contributed by atoms with Gasteiger partial charge >= 0.3 is 0 Å². The summed E-state index contributed by atoms with van der Waals surface area (Å²) in [5, 5.41) is 3.41. The first-order valence-electron chi connectivity index (χ1n) is 7.33. The minimum Gasteiger partial charge on any atom is -0.381 e. The van der Waals surface area contributed by atoms with Crippen molar-refractivity contribution in [2.24, 2.45) is 0 Å². The molecule has 1 aromatic carbocycles. The lowest BCUT2D eigenvalue weighted by Crippen LogP contribution is -2.47. The van der Waals surface area contributed by atoms with Crippen LogP contribution in [0, 0.1) is 0 Å². The summed E-state index contributed by atoms with van der Waals surface area (Å²) in [6.07, 6.45) is 1.59. The Morgan fingerprint density at radius 2 is 2.10 bits per heavy atom. The predicted molar refractivity (Wildman–Crippen MR) is 84.9 cm³/mol. The van der Waals surface area contributed by atoms with E-state index in [-0.39, 0.29) is 17.9 Å². The Hall–Kier alpha value is -1.11. The molecule has 2 rings (SSSR count). The molecule has 6 heteroatoms. The van der Waals surface area contributed by atoms with Gasteiger partial charge in [0.25, 0.3) is 0 Å². The first kappa shape index (κ1) is 16.3. The van der Waals surface area contributed by atoms with Crippen molar-refractivity contribution in [3.8, 4) is 0 Å². The average molecular weight is 312 g/mol. The monoisotopic (exact) mass is 312 g/mol. The number of anilines is 1. The lowest BCUT2D eigenvalue weighted by atomic mass is 10.1. The topological polar surface area (TPSA) is 58.6 Å². The van der Waals surface area contributed by atoms with Crippen molar-refractivity contribution in [3.63, 3.8) is 0 Å². The number of para-hydroxylation sites is 1. The highest BCUT2D eigenvalue weighted by atomic mass is 32.2. The molecule has 0 unspecified atom stereocenters. The summed E-state index contributed by atoms with van der Waals surface area (Å²) in [6, 6.07) is 10.1. The van der Waals surface area contributed by atoms with Crippen molar-refractivity contribution in [1.82, 2.24) is 4.31 Å². The van der Waals surface area contributed by atoms with E-state index in [9.17, 15) is 8.42 Å². The third kappa shape index (κ3) is 4.69. The van der Waals surface area contributed by atoms with Gasteiger partial charge in [0.05, 0.1) is 11.9 Å². The lowest BCUT2D eigenvalue weighted by molar-refractivity contribution is 0.134. The van der Waals surface area contributed by atoms with E-state index in [4.69, 9.17) is 4.74 Å². The van der Waals surface area contributed by atoms with Crippen molar-refractivity contribution in [1.29, 1.82) is 0 Å². The van der Waals surface area contributed by atoms with Crippen molar-refractivity contribution >= 4 is 15.7 Å². The van der Waals surface area contributed by atoms with E-state index < -0.39 is 10.0 Å². The van der Waals surface area contributed by atoms with E-state index in [2.05, 4.69) is 5.32 Å². The van der Waals surface area contributed by atoms with E-state index in [0.717, 1.165) is 18.5 Å². The van der Waals surface area contributed by atoms with Crippen LogP contribution < -0.4 is 5.32 Å². The SMILES string of the molecule is CO[C@H](C)CS(=O)(=O)N1CCC[C@H](Nc2ccccc2)C1. The van der Waals surface area contributed by atoms with Crippen LogP contribution in [-0.4, -0.2) is 50.8 Å². The van der Waals surface area contributed by atoms with Crippen LogP contribution in [0.2, 0.25) is 0 Å². The van der Waals surface area contributed by atoms with Gasteiger partial charge in [0.15, 0.2) is 0 Å². The fourth-order valence-corrected chi connectivity index (χ4v) is 4.31. The largest absolute Gasteiger partial charge is 0.381 e. The van der Waals surface area contributed by atoms with Crippen molar-refractivity contribution in [2.75, 3.05) is 31.3 Å². The number of piperidine rings is 1. The van der Waals surface area contributed by atoms with Crippen LogP contribution in [0.1, 0.15) is 19.8 Å². The summed E-state index contributed by atoms with van der Waals surface area (Å²) >= 11 is 0. The number of benzene rings is 1. The Labute approximate surface area is 127 Å². The van der Waals surface area contributed by atoms with E-state index in [1.165, 1.54) is 7.11 Å². The molecule has 0 aliphatic carbocycles. The number of ether oxygens (including phenoxy) is 1. The van der Waals surface area contributed by atoms with Gasteiger partial charge in [0.2, 0.25) is 10.0 Å². The summed E-state index contributed by atoms with van der Waals surface area (Å²) in [7, 11) is -1.71. The van der Waals surface area contributed by atoms with Gasteiger partial charge in [-0.3, -0.25) is 0 Å². The standard InChI is InChI=1S/C15H24N2O3S/c1-13(20-2)12-21(18,19)17-10-6-9-15(11-17)16-14-7-4-3-5-8-14/h3-5,7-8,13,15-16H,6,9-12H2,1-2H3/t13-,15+/m1/s1. The van der Waals surface area contributed by atoms with Crippen LogP contribution in [0.25, 0.3) is 0 Å². The molecule has 0 bridgehead atoms. The quantitative estimate of drug-likeness (QED) is 0.872. The van der Waals surface area contributed by atoms with E-state index in [1.54, 1.807) is 11.2 Å². The number of nitrogens with zero attached hydrogens (tertiary/aromatic N) is 1. The molecule has 1 heterocycles. The summed E-state index contributed by atoms with van der Waals surface area (Å²) in [5.41, 5.74) is 1.03. The van der Waals surface area contributed by atoms with E-state index in [1.807, 2.05) is 30.3 Å². The molecule has 1 N–H and O–H groups in total. The molecule has 1 aromatic rings. The van der Waals surface area contributed by atoms with Gasteiger partial charge in [0, 0.05) is 31.9 Å². The smallest absolute Gasteiger partial charge is 0.216 e. The number of sulfonamides is 1. The second-order valence-electron chi connectivity index (χ2n) is 5.53. The van der Waals surface area contributed by atoms with Crippen molar-refractivity contribution < 1.29 is 13.2 Å². The summed E-state index contributed by atoms with van der Waals surface area (Å²) in [5.74, 6) is 0.0432. The third-order valence-electron chi connectivity index (χ3n) is 3.77. The molecule has 0 aromatic heterocycles. The zero-order valence-corrected chi connectivity index (χ0v) is 13.5. The fourth-order valence-electron chi connectivity index (χ4n) is 2.55. The highest BCUT2D eigenvalue weighted by molar-refractivity contribution is 7.89. The lowest BCUT2D eigenvalue weighted by Gasteiger charge is -2.33. The van der Waals surface area contributed by atoms with Gasteiger partial charge in [-0.2, -0.15) is 4.31 Å². The summed E-state index contributed by atoms with van der Waals surface area (Å²) in [6.45, 7) is 2.90. The highest BCUT2D eigenvalue weighted by Gasteiger charge is 2.30. The molecule has 0 amide bonds. The van der Waals surface area contributed by atoms with Crippen molar-refractivity contribution in [3.05, 3.63) is 30.3 Å². The van der Waals surface area contributed by atoms with Crippen molar-refractivity contribution in [2.45, 2.75) is 31.9 Å². The normalized spacial score (nSPS) is 21.9. The van der Waals surface area contributed by atoms with Crippen LogP contribution in [0.3, 0.4) is 0 Å². The number of methoxy groups -OCH3 is 1. The molecule has 21 heavy (non-hydrogen) atoms. The van der Waals surface area contributed by atoms with Gasteiger partial charge in [-0.15, -0.1) is 0 Å². The third-order valence-corrected chi connectivity index (χ3v) is 5.78. The van der Waals surface area contributed by atoms with E-state index in [0.29, 0.717) is 13.1 Å². The molecular formula is C15H24N2O3S. The van der Waals surface area contributed by atoms with Gasteiger partial charge in [-0.1, -0.05) is 18.2 Å². The fraction of sp³-hybridized carbons (Fsp3) is 0.600. The number of nitrogens with one attached hydrogen (secondary N) is 1. The maximum Gasteiger partial charge on any atom is 0.216 e. The Kier molecular flexibility index (Phi) is 5.61. The molecule has 118 valence electrons. The molecular weight excluding hydrogens is 288 g/mol. The molecule has 1 fully saturated rings. The zero-order valence-electron chi connectivity index (χ0n) is 12.7. The molecule has 5 nitrogen and oxygen atoms in total. The second-order valence-corrected chi connectivity index (χ2v) is 7.55. The Morgan fingerprint density at radius 1 is 1.38 bits per heavy atom. The minimum absolute atomic E-state index is 0.0432. The molecule has 0 spiro atoms. The first-order valence-corrected chi connectivity index (χ1v) is 8.94. The van der Waals surface area contributed by atoms with Crippen LogP contribution in [0.5, 0.6) is 0 Å². The Bertz CT molecular complexity index is 533.